The number of rotatable bonds is 2. The summed E-state index contributed by atoms with van der Waals surface area (Å²) in [6, 6.07) is 0.465. The van der Waals surface area contributed by atoms with Gasteiger partial charge < -0.3 is 15.4 Å². The van der Waals surface area contributed by atoms with Crippen molar-refractivity contribution in [3.63, 3.8) is 0 Å². The Balaban J connectivity index is 1.79. The highest BCUT2D eigenvalue weighted by Crippen LogP contribution is 2.16. The van der Waals surface area contributed by atoms with E-state index < -0.39 is 0 Å². The molecule has 0 bridgehead atoms. The first-order chi connectivity index (χ1) is 6.36. The maximum atomic E-state index is 5.34. The molecule has 0 aromatic heterocycles. The summed E-state index contributed by atoms with van der Waals surface area (Å²) in [4.78, 5) is 4.30. The summed E-state index contributed by atoms with van der Waals surface area (Å²) in [6.45, 7) is 5.87. The van der Waals surface area contributed by atoms with Crippen LogP contribution in [-0.4, -0.2) is 38.3 Å². The summed E-state index contributed by atoms with van der Waals surface area (Å²) in [5.74, 6) is 1.60. The van der Waals surface area contributed by atoms with Crippen LogP contribution in [0.3, 0.4) is 0 Å². The van der Waals surface area contributed by atoms with E-state index in [-0.39, 0.29) is 0 Å². The normalized spacial score (nSPS) is 29.6. The predicted octanol–water partition coefficient (Wildman–Crippen LogP) is -0.0398. The Bertz CT molecular complexity index is 199. The third kappa shape index (κ3) is 2.12. The van der Waals surface area contributed by atoms with Gasteiger partial charge in [-0.3, -0.25) is 4.99 Å². The first kappa shape index (κ1) is 8.81. The molecule has 2 unspecified atom stereocenters. The molecule has 2 heterocycles. The van der Waals surface area contributed by atoms with Crippen LogP contribution < -0.4 is 10.6 Å². The van der Waals surface area contributed by atoms with E-state index in [1.54, 1.807) is 0 Å². The number of nitrogens with zero attached hydrogens (tertiary/aromatic N) is 1. The molecular formula is C9H17N3O. The van der Waals surface area contributed by atoms with Gasteiger partial charge in [0.15, 0.2) is 5.96 Å². The lowest BCUT2D eigenvalue weighted by Crippen LogP contribution is -2.43. The lowest BCUT2D eigenvalue weighted by molar-refractivity contribution is 0.180. The van der Waals surface area contributed by atoms with Gasteiger partial charge in [0, 0.05) is 25.1 Å². The zero-order chi connectivity index (χ0) is 9.10. The summed E-state index contributed by atoms with van der Waals surface area (Å²) in [6.07, 6.45) is 1.17. The van der Waals surface area contributed by atoms with Crippen molar-refractivity contribution in [2.75, 3.05) is 26.3 Å². The molecule has 2 aliphatic heterocycles. The van der Waals surface area contributed by atoms with Gasteiger partial charge in [-0.15, -0.1) is 0 Å². The van der Waals surface area contributed by atoms with Gasteiger partial charge in [0.25, 0.3) is 0 Å². The molecule has 0 aromatic carbocycles. The molecule has 4 heteroatoms. The Morgan fingerprint density at radius 3 is 3.23 bits per heavy atom. The zero-order valence-corrected chi connectivity index (χ0v) is 8.05. The molecule has 0 spiro atoms. The molecular weight excluding hydrogens is 166 g/mol. The van der Waals surface area contributed by atoms with Crippen LogP contribution in [0.15, 0.2) is 4.99 Å². The van der Waals surface area contributed by atoms with Gasteiger partial charge in [-0.25, -0.2) is 0 Å². The van der Waals surface area contributed by atoms with Crippen LogP contribution in [-0.2, 0) is 4.74 Å². The summed E-state index contributed by atoms with van der Waals surface area (Å²) < 4.78 is 5.34. The summed E-state index contributed by atoms with van der Waals surface area (Å²) in [7, 11) is 0. The van der Waals surface area contributed by atoms with Crippen molar-refractivity contribution < 1.29 is 4.74 Å². The third-order valence-corrected chi connectivity index (χ3v) is 2.71. The standard InChI is InChI=1S/C9H17N3O/c1-7(8-2-5-13-6-8)12-9-10-3-4-11-9/h7-8H,2-6H2,1H3,(H2,10,11,12). The average Bonchev–Trinajstić information content (AvgIpc) is 2.74. The van der Waals surface area contributed by atoms with Crippen LogP contribution in [0.25, 0.3) is 0 Å². The Hall–Kier alpha value is -0.770. The largest absolute Gasteiger partial charge is 0.381 e. The van der Waals surface area contributed by atoms with Gasteiger partial charge in [-0.05, 0) is 13.3 Å². The highest BCUT2D eigenvalue weighted by molar-refractivity contribution is 5.81. The number of aliphatic imine (C=N–C) groups is 1. The van der Waals surface area contributed by atoms with E-state index in [1.807, 2.05) is 0 Å². The number of nitrogens with one attached hydrogen (secondary N) is 2. The van der Waals surface area contributed by atoms with Crippen molar-refractivity contribution in [3.8, 4) is 0 Å². The molecule has 2 atom stereocenters. The third-order valence-electron chi connectivity index (χ3n) is 2.71. The maximum Gasteiger partial charge on any atom is 0.191 e. The Morgan fingerprint density at radius 2 is 2.62 bits per heavy atom. The average molecular weight is 183 g/mol. The first-order valence-corrected chi connectivity index (χ1v) is 4.99. The maximum absolute atomic E-state index is 5.34. The molecule has 0 saturated carbocycles. The van der Waals surface area contributed by atoms with Crippen molar-refractivity contribution in [1.29, 1.82) is 0 Å². The van der Waals surface area contributed by atoms with E-state index in [0.717, 1.165) is 32.3 Å². The minimum Gasteiger partial charge on any atom is -0.381 e. The Labute approximate surface area is 78.8 Å². The molecule has 4 nitrogen and oxygen atoms in total. The van der Waals surface area contributed by atoms with E-state index >= 15 is 0 Å². The molecule has 1 saturated heterocycles. The van der Waals surface area contributed by atoms with Gasteiger partial charge in [-0.1, -0.05) is 0 Å². The van der Waals surface area contributed by atoms with E-state index in [9.17, 15) is 0 Å². The second kappa shape index (κ2) is 3.96. The highest BCUT2D eigenvalue weighted by atomic mass is 16.5. The van der Waals surface area contributed by atoms with Gasteiger partial charge >= 0.3 is 0 Å². The SMILES string of the molecule is CC(NC1=NCCN1)C1CCOC1. The fraction of sp³-hybridized carbons (Fsp3) is 0.889. The van der Waals surface area contributed by atoms with E-state index in [1.165, 1.54) is 6.42 Å². The van der Waals surface area contributed by atoms with Gasteiger partial charge in [0.1, 0.15) is 0 Å². The predicted molar refractivity (Wildman–Crippen MR) is 51.8 cm³/mol. The lowest BCUT2D eigenvalue weighted by Gasteiger charge is -2.20. The molecule has 0 aliphatic carbocycles. The van der Waals surface area contributed by atoms with Crippen molar-refractivity contribution in [3.05, 3.63) is 0 Å². The first-order valence-electron chi connectivity index (χ1n) is 4.99. The van der Waals surface area contributed by atoms with E-state index in [2.05, 4.69) is 22.5 Å². The number of guanidine groups is 1. The Kier molecular flexibility index (Phi) is 2.68. The summed E-state index contributed by atoms with van der Waals surface area (Å²) >= 11 is 0. The molecule has 13 heavy (non-hydrogen) atoms. The van der Waals surface area contributed by atoms with Crippen molar-refractivity contribution in [2.45, 2.75) is 19.4 Å². The highest BCUT2D eigenvalue weighted by Gasteiger charge is 2.23. The topological polar surface area (TPSA) is 45.7 Å². The summed E-state index contributed by atoms with van der Waals surface area (Å²) in [5, 5.41) is 6.59. The molecule has 2 N–H and O–H groups in total. The molecule has 2 aliphatic rings. The van der Waals surface area contributed by atoms with Crippen molar-refractivity contribution >= 4 is 5.96 Å². The van der Waals surface area contributed by atoms with Crippen LogP contribution in [0.5, 0.6) is 0 Å². The molecule has 74 valence electrons. The fourth-order valence-corrected chi connectivity index (χ4v) is 1.78. The molecule has 0 amide bonds. The minimum absolute atomic E-state index is 0.465. The number of hydrogen-bond donors (Lipinski definition) is 2. The number of hydrogen-bond acceptors (Lipinski definition) is 4. The van der Waals surface area contributed by atoms with E-state index in [4.69, 9.17) is 4.74 Å². The number of ether oxygens (including phenoxy) is 1. The van der Waals surface area contributed by atoms with Gasteiger partial charge in [0.05, 0.1) is 13.2 Å². The fourth-order valence-electron chi connectivity index (χ4n) is 1.78. The second-order valence-electron chi connectivity index (χ2n) is 3.71. The second-order valence-corrected chi connectivity index (χ2v) is 3.71. The minimum atomic E-state index is 0.465. The monoisotopic (exact) mass is 183 g/mol. The van der Waals surface area contributed by atoms with Crippen LogP contribution in [0, 0.1) is 5.92 Å². The lowest BCUT2D eigenvalue weighted by atomic mass is 10.0. The summed E-state index contributed by atoms with van der Waals surface area (Å²) in [5.41, 5.74) is 0. The van der Waals surface area contributed by atoms with Crippen LogP contribution >= 0.6 is 0 Å². The van der Waals surface area contributed by atoms with Gasteiger partial charge in [0.2, 0.25) is 0 Å². The van der Waals surface area contributed by atoms with Crippen LogP contribution in [0.2, 0.25) is 0 Å². The Morgan fingerprint density at radius 1 is 1.69 bits per heavy atom. The molecule has 1 fully saturated rings. The zero-order valence-electron chi connectivity index (χ0n) is 8.05. The molecule has 2 rings (SSSR count). The smallest absolute Gasteiger partial charge is 0.191 e. The van der Waals surface area contributed by atoms with Crippen LogP contribution in [0.4, 0.5) is 0 Å². The molecule has 0 radical (unpaired) electrons. The van der Waals surface area contributed by atoms with Gasteiger partial charge in [-0.2, -0.15) is 0 Å². The van der Waals surface area contributed by atoms with Crippen molar-refractivity contribution in [1.82, 2.24) is 10.6 Å². The quantitative estimate of drug-likeness (QED) is 0.631. The molecule has 0 aromatic rings. The van der Waals surface area contributed by atoms with Crippen LogP contribution in [0.1, 0.15) is 13.3 Å². The van der Waals surface area contributed by atoms with E-state index in [0.29, 0.717) is 12.0 Å². The van der Waals surface area contributed by atoms with Crippen molar-refractivity contribution in [2.24, 2.45) is 10.9 Å².